The first-order valence-corrected chi connectivity index (χ1v) is 12.0. The molecule has 1 aromatic rings. The van der Waals surface area contributed by atoms with Gasteiger partial charge in [-0.3, -0.25) is 4.90 Å². The fourth-order valence-corrected chi connectivity index (χ4v) is 3.02. The third-order valence-corrected chi connectivity index (χ3v) is 5.64. The Hall–Kier alpha value is -2.17. The van der Waals surface area contributed by atoms with Crippen molar-refractivity contribution in [2.75, 3.05) is 13.7 Å². The summed E-state index contributed by atoms with van der Waals surface area (Å²) in [5, 5.41) is 9.32. The van der Waals surface area contributed by atoms with Gasteiger partial charge in [-0.15, -0.1) is 0 Å². The summed E-state index contributed by atoms with van der Waals surface area (Å²) < 4.78 is 70.3. The van der Waals surface area contributed by atoms with E-state index in [1.54, 1.807) is 0 Å². The van der Waals surface area contributed by atoms with Crippen molar-refractivity contribution in [3.8, 4) is 0 Å². The van der Waals surface area contributed by atoms with Crippen LogP contribution >= 0.6 is 0 Å². The molecule has 0 aliphatic heterocycles. The van der Waals surface area contributed by atoms with Crippen LogP contribution in [-0.4, -0.2) is 49.8 Å². The van der Waals surface area contributed by atoms with Crippen LogP contribution in [0.15, 0.2) is 12.1 Å². The van der Waals surface area contributed by atoms with Gasteiger partial charge in [0.2, 0.25) is 0 Å². The molecule has 28 heavy (non-hydrogen) atoms. The fraction of sp³-hybridized carbons (Fsp3) is 0.529. The second-order valence-corrected chi connectivity index (χ2v) is 13.1. The largest absolute Gasteiger partial charge is 0.480 e. The Morgan fingerprint density at radius 1 is 1.18 bits per heavy atom. The van der Waals surface area contributed by atoms with E-state index in [0.29, 0.717) is 18.2 Å². The van der Waals surface area contributed by atoms with Crippen molar-refractivity contribution < 1.29 is 41.4 Å². The number of benzene rings is 1. The molecule has 1 aromatic carbocycles. The Morgan fingerprint density at radius 3 is 2.07 bits per heavy atom. The zero-order valence-electron chi connectivity index (χ0n) is 15.9. The second-order valence-electron chi connectivity index (χ2n) is 7.53. The number of carbonyl (C=O) groups is 2. The van der Waals surface area contributed by atoms with Crippen LogP contribution in [0.25, 0.3) is 0 Å². The number of alkyl halides is 3. The smallest absolute Gasteiger partial charge is 0.422 e. The van der Waals surface area contributed by atoms with E-state index in [0.717, 1.165) is 11.9 Å². The summed E-state index contributed by atoms with van der Waals surface area (Å²) in [5.74, 6) is -5.20. The zero-order chi connectivity index (χ0) is 21.9. The summed E-state index contributed by atoms with van der Waals surface area (Å²) in [7, 11) is -0.358. The number of carboxylic acids is 1. The molecule has 5 nitrogen and oxygen atoms in total. The van der Waals surface area contributed by atoms with Crippen molar-refractivity contribution in [3.63, 3.8) is 0 Å². The molecule has 0 saturated heterocycles. The van der Waals surface area contributed by atoms with Crippen LogP contribution in [0.3, 0.4) is 0 Å². The van der Waals surface area contributed by atoms with E-state index in [1.165, 1.54) is 0 Å². The number of nitrogens with zero attached hydrogens (tertiary/aromatic N) is 1. The normalized spacial score (nSPS) is 13.2. The zero-order valence-corrected chi connectivity index (χ0v) is 16.9. The van der Waals surface area contributed by atoms with Crippen LogP contribution < -0.4 is 0 Å². The number of hydrogen-bond acceptors (Lipinski definition) is 3. The highest BCUT2D eigenvalue weighted by Crippen LogP contribution is 2.34. The Bertz CT molecular complexity index is 710. The van der Waals surface area contributed by atoms with E-state index in [1.807, 2.05) is 0 Å². The molecule has 1 rings (SSSR count). The minimum atomic E-state index is -5.23. The van der Waals surface area contributed by atoms with Gasteiger partial charge in [-0.05, 0) is 23.7 Å². The number of hydrogen-bond donors (Lipinski definition) is 1. The third kappa shape index (κ3) is 6.77. The van der Waals surface area contributed by atoms with Crippen molar-refractivity contribution in [1.29, 1.82) is 0 Å². The van der Waals surface area contributed by atoms with E-state index >= 15 is 0 Å². The summed E-state index contributed by atoms with van der Waals surface area (Å²) in [6, 6.07) is -0.104. The molecule has 0 fully saturated rings. The van der Waals surface area contributed by atoms with Crippen LogP contribution in [0.1, 0.15) is 11.1 Å². The average molecular weight is 427 g/mol. The van der Waals surface area contributed by atoms with Crippen LogP contribution in [0.2, 0.25) is 25.7 Å². The number of ether oxygens (including phenoxy) is 1. The van der Waals surface area contributed by atoms with Crippen LogP contribution in [0.4, 0.5) is 26.7 Å². The Kier molecular flexibility index (Phi) is 7.57. The SMILES string of the molecule is CN(C(=O)OCC[Si](C)(C)C)C(Cc1cc(F)c(C(F)(F)F)c(F)c1)C(=O)O. The van der Waals surface area contributed by atoms with Gasteiger partial charge in [-0.2, -0.15) is 13.2 Å². The van der Waals surface area contributed by atoms with Crippen LogP contribution in [0, 0.1) is 11.6 Å². The molecule has 1 unspecified atom stereocenters. The van der Waals surface area contributed by atoms with Crippen molar-refractivity contribution in [2.24, 2.45) is 0 Å². The predicted octanol–water partition coefficient (Wildman–Crippen LogP) is 4.39. The number of amides is 1. The van der Waals surface area contributed by atoms with Crippen LogP contribution in [0.5, 0.6) is 0 Å². The van der Waals surface area contributed by atoms with Crippen molar-refractivity contribution in [2.45, 2.75) is 44.3 Å². The Balaban J connectivity index is 2.96. The first-order chi connectivity index (χ1) is 12.6. The van der Waals surface area contributed by atoms with E-state index in [9.17, 15) is 36.6 Å². The molecule has 11 heteroatoms. The number of halogens is 5. The van der Waals surface area contributed by atoms with Gasteiger partial charge in [0.25, 0.3) is 0 Å². The Labute approximate surface area is 160 Å². The molecular weight excluding hydrogens is 405 g/mol. The van der Waals surface area contributed by atoms with Crippen molar-refractivity contribution in [1.82, 2.24) is 4.90 Å². The summed E-state index contributed by atoms with van der Waals surface area (Å²) in [5.41, 5.74) is -2.39. The molecule has 1 amide bonds. The van der Waals surface area contributed by atoms with Gasteiger partial charge in [0.1, 0.15) is 23.2 Å². The van der Waals surface area contributed by atoms with E-state index < -0.39 is 56.0 Å². The van der Waals surface area contributed by atoms with Crippen molar-refractivity contribution >= 4 is 20.1 Å². The first kappa shape index (κ1) is 23.9. The summed E-state index contributed by atoms with van der Waals surface area (Å²) in [6.45, 7) is 6.25. The monoisotopic (exact) mass is 427 g/mol. The molecule has 0 saturated carbocycles. The highest BCUT2D eigenvalue weighted by Gasteiger charge is 2.38. The van der Waals surface area contributed by atoms with Crippen molar-refractivity contribution in [3.05, 3.63) is 34.9 Å². The fourth-order valence-electron chi connectivity index (χ4n) is 2.30. The van der Waals surface area contributed by atoms with E-state index in [-0.39, 0.29) is 12.2 Å². The summed E-state index contributed by atoms with van der Waals surface area (Å²) >= 11 is 0. The van der Waals surface area contributed by atoms with Gasteiger partial charge < -0.3 is 9.84 Å². The molecule has 0 bridgehead atoms. The highest BCUT2D eigenvalue weighted by atomic mass is 28.3. The summed E-state index contributed by atoms with van der Waals surface area (Å²) in [6.07, 6.45) is -6.77. The standard InChI is InChI=1S/C17H22F5NO4Si/c1-23(16(26)27-5-6-28(2,3)4)13(15(24)25)9-10-7-11(18)14(12(19)8-10)17(20,21)22/h7-8,13H,5-6,9H2,1-4H3,(H,24,25). The number of rotatable bonds is 7. The molecule has 0 spiro atoms. The molecule has 0 aliphatic rings. The van der Waals surface area contributed by atoms with Crippen LogP contribution in [-0.2, 0) is 22.1 Å². The van der Waals surface area contributed by atoms with Gasteiger partial charge in [-0.25, -0.2) is 18.4 Å². The first-order valence-electron chi connectivity index (χ1n) is 8.31. The summed E-state index contributed by atoms with van der Waals surface area (Å²) in [4.78, 5) is 24.2. The van der Waals surface area contributed by atoms with Gasteiger partial charge in [0.05, 0.1) is 6.61 Å². The molecule has 0 aromatic heterocycles. The maximum Gasteiger partial charge on any atom is 0.422 e. The third-order valence-electron chi connectivity index (χ3n) is 3.93. The molecular formula is C17H22F5NO4Si. The Morgan fingerprint density at radius 2 is 1.68 bits per heavy atom. The van der Waals surface area contributed by atoms with E-state index in [2.05, 4.69) is 19.6 Å². The molecule has 158 valence electrons. The average Bonchev–Trinajstić information content (AvgIpc) is 2.48. The number of aliphatic carboxylic acids is 1. The molecule has 0 heterocycles. The lowest BCUT2D eigenvalue weighted by molar-refractivity contribution is -0.143. The lowest BCUT2D eigenvalue weighted by atomic mass is 10.0. The molecule has 1 atom stereocenters. The van der Waals surface area contributed by atoms with Gasteiger partial charge in [-0.1, -0.05) is 19.6 Å². The van der Waals surface area contributed by atoms with Gasteiger partial charge in [0, 0.05) is 21.5 Å². The van der Waals surface area contributed by atoms with E-state index in [4.69, 9.17) is 4.74 Å². The quantitative estimate of drug-likeness (QED) is 0.518. The minimum Gasteiger partial charge on any atom is -0.480 e. The molecule has 0 radical (unpaired) electrons. The molecule has 0 aliphatic carbocycles. The number of likely N-dealkylation sites (N-methyl/N-ethyl adjacent to an activating group) is 1. The lowest BCUT2D eigenvalue weighted by Gasteiger charge is -2.25. The maximum absolute atomic E-state index is 13.7. The second kappa shape index (κ2) is 8.89. The topological polar surface area (TPSA) is 66.8 Å². The lowest BCUT2D eigenvalue weighted by Crippen LogP contribution is -2.44. The minimum absolute atomic E-state index is 0.0920. The highest BCUT2D eigenvalue weighted by molar-refractivity contribution is 6.76. The predicted molar refractivity (Wildman–Crippen MR) is 93.8 cm³/mol. The number of carboxylic acid groups (broad SMARTS) is 1. The van der Waals surface area contributed by atoms with Gasteiger partial charge in [0.15, 0.2) is 0 Å². The number of carbonyl (C=O) groups excluding carboxylic acids is 1. The molecule has 1 N–H and O–H groups in total. The van der Waals surface area contributed by atoms with Gasteiger partial charge >= 0.3 is 18.2 Å². The maximum atomic E-state index is 13.7.